The van der Waals surface area contributed by atoms with Crippen LogP contribution < -0.4 is 0 Å². The summed E-state index contributed by atoms with van der Waals surface area (Å²) in [5.74, 6) is 0. The first-order chi connectivity index (χ1) is 8.22. The summed E-state index contributed by atoms with van der Waals surface area (Å²) in [6.45, 7) is 6.24. The van der Waals surface area contributed by atoms with E-state index in [0.29, 0.717) is 0 Å². The van der Waals surface area contributed by atoms with Crippen LogP contribution in [0.15, 0.2) is 36.9 Å². The first-order valence-corrected chi connectivity index (χ1v) is 6.30. The Morgan fingerprint density at radius 2 is 2.12 bits per heavy atom. The van der Waals surface area contributed by atoms with E-state index in [4.69, 9.17) is 9.47 Å². The Hall–Kier alpha value is -1.12. The Morgan fingerprint density at radius 1 is 1.35 bits per heavy atom. The Morgan fingerprint density at radius 3 is 2.88 bits per heavy atom. The summed E-state index contributed by atoms with van der Waals surface area (Å²) in [5.41, 5.74) is 1.96. The average Bonchev–Trinajstić information content (AvgIpc) is 2.86. The Balaban J connectivity index is 1.95. The van der Waals surface area contributed by atoms with Crippen molar-refractivity contribution < 1.29 is 9.47 Å². The quantitative estimate of drug-likeness (QED) is 0.775. The van der Waals surface area contributed by atoms with Crippen molar-refractivity contribution in [3.8, 4) is 0 Å². The van der Waals surface area contributed by atoms with Gasteiger partial charge in [-0.25, -0.2) is 0 Å². The monoisotopic (exact) mass is 230 g/mol. The van der Waals surface area contributed by atoms with Crippen LogP contribution in [0.3, 0.4) is 0 Å². The fourth-order valence-corrected chi connectivity index (χ4v) is 3.11. The predicted molar refractivity (Wildman–Crippen MR) is 67.5 cm³/mol. The van der Waals surface area contributed by atoms with E-state index < -0.39 is 0 Å². The van der Waals surface area contributed by atoms with Crippen molar-refractivity contribution in [2.24, 2.45) is 0 Å². The third kappa shape index (κ3) is 1.63. The van der Waals surface area contributed by atoms with Crippen LogP contribution in [0.2, 0.25) is 0 Å². The van der Waals surface area contributed by atoms with Crippen molar-refractivity contribution in [2.75, 3.05) is 0 Å². The second kappa shape index (κ2) is 3.97. The highest BCUT2D eigenvalue weighted by molar-refractivity contribution is 5.71. The third-order valence-electron chi connectivity index (χ3n) is 3.90. The van der Waals surface area contributed by atoms with Crippen molar-refractivity contribution in [3.63, 3.8) is 0 Å². The zero-order chi connectivity index (χ0) is 11.9. The Bertz CT molecular complexity index is 426. The highest BCUT2D eigenvalue weighted by atomic mass is 16.7. The van der Waals surface area contributed by atoms with Gasteiger partial charge in [-0.2, -0.15) is 0 Å². The zero-order valence-electron chi connectivity index (χ0n) is 10.2. The van der Waals surface area contributed by atoms with E-state index in [0.717, 1.165) is 30.4 Å². The zero-order valence-corrected chi connectivity index (χ0v) is 10.2. The van der Waals surface area contributed by atoms with Crippen LogP contribution in [-0.4, -0.2) is 18.0 Å². The summed E-state index contributed by atoms with van der Waals surface area (Å²) >= 11 is 0. The van der Waals surface area contributed by atoms with E-state index in [-0.39, 0.29) is 18.0 Å². The molecule has 0 spiro atoms. The molecule has 1 aliphatic carbocycles. The van der Waals surface area contributed by atoms with Gasteiger partial charge >= 0.3 is 0 Å². The number of benzene rings is 1. The minimum Gasteiger partial charge on any atom is -0.346 e. The van der Waals surface area contributed by atoms with E-state index in [1.165, 1.54) is 0 Å². The number of hydrogen-bond acceptors (Lipinski definition) is 2. The molecule has 0 N–H and O–H groups in total. The van der Waals surface area contributed by atoms with E-state index >= 15 is 0 Å². The fourth-order valence-electron chi connectivity index (χ4n) is 3.11. The molecule has 1 aromatic carbocycles. The lowest BCUT2D eigenvalue weighted by molar-refractivity contribution is -0.0682. The van der Waals surface area contributed by atoms with Gasteiger partial charge in [-0.15, -0.1) is 0 Å². The van der Waals surface area contributed by atoms with Gasteiger partial charge in [0.25, 0.3) is 0 Å². The van der Waals surface area contributed by atoms with E-state index in [9.17, 15) is 0 Å². The van der Waals surface area contributed by atoms with Crippen LogP contribution in [0.5, 0.6) is 0 Å². The third-order valence-corrected chi connectivity index (χ3v) is 3.90. The number of rotatable bonds is 2. The maximum absolute atomic E-state index is 6.07. The minimum absolute atomic E-state index is 0.110. The molecule has 1 aromatic rings. The summed E-state index contributed by atoms with van der Waals surface area (Å²) < 4.78 is 11.9. The average molecular weight is 230 g/mol. The molecule has 2 aliphatic rings. The smallest absolute Gasteiger partial charge is 0.156 e. The van der Waals surface area contributed by atoms with Gasteiger partial charge in [0.1, 0.15) is 5.60 Å². The minimum atomic E-state index is -0.277. The van der Waals surface area contributed by atoms with Gasteiger partial charge in [-0.3, -0.25) is 0 Å². The van der Waals surface area contributed by atoms with Gasteiger partial charge in [-0.1, -0.05) is 36.9 Å². The molecule has 1 saturated heterocycles. The molecule has 1 unspecified atom stereocenters. The molecule has 1 aliphatic heterocycles. The predicted octanol–water partition coefficient (Wildman–Crippen LogP) is 3.38. The molecule has 17 heavy (non-hydrogen) atoms. The summed E-state index contributed by atoms with van der Waals surface area (Å²) in [6, 6.07) is 10.3. The summed E-state index contributed by atoms with van der Waals surface area (Å²) in [6.07, 6.45) is 3.33. The molecule has 3 atom stereocenters. The maximum atomic E-state index is 6.07. The number of ether oxygens (including phenoxy) is 2. The lowest BCUT2D eigenvalue weighted by atomic mass is 9.86. The first-order valence-electron chi connectivity index (χ1n) is 6.30. The van der Waals surface area contributed by atoms with Gasteiger partial charge < -0.3 is 9.47 Å². The molecule has 0 bridgehead atoms. The number of fused-ring (bicyclic) bond motifs is 1. The molecule has 90 valence electrons. The van der Waals surface area contributed by atoms with Crippen LogP contribution in [0.4, 0.5) is 0 Å². The molecule has 2 heteroatoms. The van der Waals surface area contributed by atoms with Gasteiger partial charge in [-0.05, 0) is 37.3 Å². The second-order valence-corrected chi connectivity index (χ2v) is 4.94. The van der Waals surface area contributed by atoms with Crippen LogP contribution in [0, 0.1) is 0 Å². The topological polar surface area (TPSA) is 18.5 Å². The fraction of sp³-hybridized carbons (Fsp3) is 0.467. The highest BCUT2D eigenvalue weighted by Crippen LogP contribution is 2.49. The molecule has 3 rings (SSSR count). The Labute approximate surface area is 102 Å². The van der Waals surface area contributed by atoms with Crippen molar-refractivity contribution >= 4 is 5.57 Å². The Kier molecular flexibility index (Phi) is 2.57. The van der Waals surface area contributed by atoms with E-state index in [1.54, 1.807) is 0 Å². The van der Waals surface area contributed by atoms with Crippen molar-refractivity contribution in [3.05, 3.63) is 42.5 Å². The largest absolute Gasteiger partial charge is 0.346 e. The van der Waals surface area contributed by atoms with Crippen molar-refractivity contribution in [1.29, 1.82) is 0 Å². The molecule has 2 fully saturated rings. The SMILES string of the molecule is C=C(c1ccccc1)[C@]12CCC[C@H]1OC(C)O2. The van der Waals surface area contributed by atoms with Gasteiger partial charge in [0.15, 0.2) is 6.29 Å². The van der Waals surface area contributed by atoms with Crippen LogP contribution >= 0.6 is 0 Å². The summed E-state index contributed by atoms with van der Waals surface area (Å²) in [7, 11) is 0. The number of hydrogen-bond donors (Lipinski definition) is 0. The lowest BCUT2D eigenvalue weighted by Gasteiger charge is -2.29. The highest BCUT2D eigenvalue weighted by Gasteiger charge is 2.53. The maximum Gasteiger partial charge on any atom is 0.156 e. The normalized spacial score (nSPS) is 35.8. The first kappa shape index (κ1) is 11.0. The van der Waals surface area contributed by atoms with Crippen LogP contribution in [0.25, 0.3) is 5.57 Å². The van der Waals surface area contributed by atoms with Crippen molar-refractivity contribution in [1.82, 2.24) is 0 Å². The van der Waals surface area contributed by atoms with Gasteiger partial charge in [0, 0.05) is 0 Å². The summed E-state index contributed by atoms with van der Waals surface area (Å²) in [4.78, 5) is 0. The standard InChI is InChI=1S/C15H18O2/c1-11(13-7-4-3-5-8-13)15-10-6-9-14(15)16-12(2)17-15/h3-5,7-8,12,14H,1,6,9-10H2,2H3/t12?,14-,15-/m1/s1. The molecule has 2 nitrogen and oxygen atoms in total. The van der Waals surface area contributed by atoms with E-state index in [1.807, 2.05) is 25.1 Å². The van der Waals surface area contributed by atoms with Gasteiger partial charge in [0.2, 0.25) is 0 Å². The van der Waals surface area contributed by atoms with Crippen LogP contribution in [0.1, 0.15) is 31.7 Å². The molecular formula is C15H18O2. The molecule has 0 aromatic heterocycles. The van der Waals surface area contributed by atoms with Crippen molar-refractivity contribution in [2.45, 2.75) is 44.2 Å². The molecule has 1 saturated carbocycles. The molecule has 1 heterocycles. The second-order valence-electron chi connectivity index (χ2n) is 4.94. The van der Waals surface area contributed by atoms with E-state index in [2.05, 4.69) is 18.7 Å². The summed E-state index contributed by atoms with van der Waals surface area (Å²) in [5, 5.41) is 0. The van der Waals surface area contributed by atoms with Crippen LogP contribution in [-0.2, 0) is 9.47 Å². The molecule has 0 radical (unpaired) electrons. The molecule has 0 amide bonds. The lowest BCUT2D eigenvalue weighted by Crippen LogP contribution is -2.35. The molecular weight excluding hydrogens is 212 g/mol. The van der Waals surface area contributed by atoms with Gasteiger partial charge in [0.05, 0.1) is 6.10 Å².